The molecule has 1 N–H and O–H groups in total. The summed E-state index contributed by atoms with van der Waals surface area (Å²) >= 11 is 0. The zero-order valence-corrected chi connectivity index (χ0v) is 16.4. The van der Waals surface area contributed by atoms with Crippen LogP contribution in [0, 0.1) is 18.3 Å². The molecule has 6 nitrogen and oxygen atoms in total. The second kappa shape index (κ2) is 8.09. The van der Waals surface area contributed by atoms with Crippen molar-refractivity contribution in [1.29, 1.82) is 5.26 Å². The second-order valence-electron chi connectivity index (χ2n) is 6.75. The number of nitrogens with one attached hydrogen (secondary N) is 1. The van der Waals surface area contributed by atoms with E-state index in [-0.39, 0.29) is 10.5 Å². The van der Waals surface area contributed by atoms with Gasteiger partial charge in [-0.25, -0.2) is 8.42 Å². The molecule has 0 amide bonds. The van der Waals surface area contributed by atoms with Crippen LogP contribution < -0.4 is 9.64 Å². The minimum atomic E-state index is -3.65. The predicted molar refractivity (Wildman–Crippen MR) is 102 cm³/mol. The van der Waals surface area contributed by atoms with E-state index >= 15 is 0 Å². The molecule has 0 saturated carbocycles. The van der Waals surface area contributed by atoms with Gasteiger partial charge in [0, 0.05) is 5.56 Å². The van der Waals surface area contributed by atoms with E-state index in [0.717, 1.165) is 17.9 Å². The lowest BCUT2D eigenvalue weighted by Gasteiger charge is -2.32. The Bertz CT molecular complexity index is 959. The average molecular weight is 386 g/mol. The molecule has 0 unspecified atom stereocenters. The fourth-order valence-electron chi connectivity index (χ4n) is 3.46. The summed E-state index contributed by atoms with van der Waals surface area (Å²) in [5, 5.41) is 9.21. The van der Waals surface area contributed by atoms with E-state index in [1.807, 2.05) is 18.2 Å². The lowest BCUT2D eigenvalue weighted by atomic mass is 10.1. The molecule has 0 aliphatic carbocycles. The number of hydrogen-bond acceptors (Lipinski definition) is 4. The van der Waals surface area contributed by atoms with Crippen molar-refractivity contribution in [2.45, 2.75) is 18.4 Å². The molecule has 0 atom stereocenters. The number of sulfonamides is 1. The topological polar surface area (TPSA) is 74.8 Å². The third-order valence-electron chi connectivity index (χ3n) is 4.93. The first-order valence-corrected chi connectivity index (χ1v) is 10.4. The van der Waals surface area contributed by atoms with Gasteiger partial charge in [0.2, 0.25) is 10.0 Å². The van der Waals surface area contributed by atoms with Gasteiger partial charge < -0.3 is 9.64 Å². The Morgan fingerprint density at radius 1 is 1.19 bits per heavy atom. The van der Waals surface area contributed by atoms with Gasteiger partial charge in [-0.15, -0.1) is 0 Å². The minimum absolute atomic E-state index is 0.0938. The number of aryl methyl sites for hydroxylation is 1. The highest BCUT2D eigenvalue weighted by Crippen LogP contribution is 2.21. The van der Waals surface area contributed by atoms with Crippen LogP contribution >= 0.6 is 0 Å². The van der Waals surface area contributed by atoms with Crippen LogP contribution in [0.5, 0.6) is 5.75 Å². The van der Waals surface area contributed by atoms with Gasteiger partial charge in [0.1, 0.15) is 18.4 Å². The van der Waals surface area contributed by atoms with Gasteiger partial charge in [0.15, 0.2) is 0 Å². The standard InChI is InChI=1S/C20H23N3O3S/c1-16-7-8-19(26-2)18(13-16)15-22-9-11-23(12-10-22)27(24,25)20-6-4-3-5-17(20)14-21/h3-8,13H,9-12,15H2,1-2H3/p+1. The highest BCUT2D eigenvalue weighted by molar-refractivity contribution is 7.89. The van der Waals surface area contributed by atoms with Gasteiger partial charge in [0.05, 0.1) is 43.7 Å². The van der Waals surface area contributed by atoms with Crippen molar-refractivity contribution in [3.63, 3.8) is 0 Å². The van der Waals surface area contributed by atoms with Crippen molar-refractivity contribution in [2.24, 2.45) is 0 Å². The quantitative estimate of drug-likeness (QED) is 0.831. The molecule has 7 heteroatoms. The molecular weight excluding hydrogens is 362 g/mol. The fraction of sp³-hybridized carbons (Fsp3) is 0.350. The van der Waals surface area contributed by atoms with Crippen molar-refractivity contribution in [1.82, 2.24) is 4.31 Å². The van der Waals surface area contributed by atoms with Gasteiger partial charge in [-0.2, -0.15) is 9.57 Å². The number of hydrogen-bond donors (Lipinski definition) is 1. The van der Waals surface area contributed by atoms with Crippen LogP contribution in [0.15, 0.2) is 47.4 Å². The SMILES string of the molecule is COc1ccc(C)cc1C[NH+]1CCN(S(=O)(=O)c2ccccc2C#N)CC1. The predicted octanol–water partition coefficient (Wildman–Crippen LogP) is 0.965. The number of nitrogens with zero attached hydrogens (tertiary/aromatic N) is 2. The Morgan fingerprint density at radius 2 is 1.89 bits per heavy atom. The molecule has 0 aromatic heterocycles. The molecule has 0 radical (unpaired) electrons. The number of piperazine rings is 1. The first-order chi connectivity index (χ1) is 13.0. The van der Waals surface area contributed by atoms with Crippen LogP contribution in [0.25, 0.3) is 0 Å². The summed E-state index contributed by atoms with van der Waals surface area (Å²) in [7, 11) is -1.98. The summed E-state index contributed by atoms with van der Waals surface area (Å²) in [5.74, 6) is 0.867. The number of ether oxygens (including phenoxy) is 1. The van der Waals surface area contributed by atoms with Crippen LogP contribution in [-0.2, 0) is 16.6 Å². The van der Waals surface area contributed by atoms with E-state index in [1.54, 1.807) is 25.3 Å². The number of methoxy groups -OCH3 is 1. The monoisotopic (exact) mass is 386 g/mol. The van der Waals surface area contributed by atoms with Crippen LogP contribution in [0.2, 0.25) is 0 Å². The molecule has 1 saturated heterocycles. The molecule has 1 heterocycles. The maximum atomic E-state index is 12.9. The lowest BCUT2D eigenvalue weighted by Crippen LogP contribution is -3.13. The fourth-order valence-corrected chi connectivity index (χ4v) is 5.04. The summed E-state index contributed by atoms with van der Waals surface area (Å²) in [6.07, 6.45) is 0. The maximum absolute atomic E-state index is 12.9. The van der Waals surface area contributed by atoms with E-state index in [1.165, 1.54) is 20.8 Å². The third-order valence-corrected chi connectivity index (χ3v) is 6.89. The molecular formula is C20H24N3O3S+. The maximum Gasteiger partial charge on any atom is 0.244 e. The Balaban J connectivity index is 1.71. The lowest BCUT2D eigenvalue weighted by molar-refractivity contribution is -0.917. The van der Waals surface area contributed by atoms with Gasteiger partial charge >= 0.3 is 0 Å². The summed E-state index contributed by atoms with van der Waals surface area (Å²) < 4.78 is 32.8. The van der Waals surface area contributed by atoms with Crippen molar-refractivity contribution in [3.8, 4) is 11.8 Å². The van der Waals surface area contributed by atoms with Crippen LogP contribution in [0.4, 0.5) is 0 Å². The average Bonchev–Trinajstić information content (AvgIpc) is 2.68. The van der Waals surface area contributed by atoms with Crippen molar-refractivity contribution in [2.75, 3.05) is 33.3 Å². The van der Waals surface area contributed by atoms with Gasteiger partial charge in [-0.3, -0.25) is 0 Å². The highest BCUT2D eigenvalue weighted by atomic mass is 32.2. The van der Waals surface area contributed by atoms with E-state index in [2.05, 4.69) is 13.0 Å². The molecule has 1 fully saturated rings. The Morgan fingerprint density at radius 3 is 2.56 bits per heavy atom. The normalized spacial score (nSPS) is 16.0. The molecule has 0 spiro atoms. The van der Waals surface area contributed by atoms with Gasteiger partial charge in [-0.05, 0) is 31.2 Å². The number of rotatable bonds is 5. The summed E-state index contributed by atoms with van der Waals surface area (Å²) in [6.45, 7) is 5.15. The molecule has 142 valence electrons. The van der Waals surface area contributed by atoms with E-state index in [0.29, 0.717) is 26.2 Å². The minimum Gasteiger partial charge on any atom is -0.496 e. The second-order valence-corrected chi connectivity index (χ2v) is 8.66. The summed E-state index contributed by atoms with van der Waals surface area (Å²) in [6, 6.07) is 14.5. The third kappa shape index (κ3) is 4.14. The van der Waals surface area contributed by atoms with E-state index in [4.69, 9.17) is 4.74 Å². The molecule has 1 aliphatic heterocycles. The Labute approximate surface area is 160 Å². The molecule has 0 bridgehead atoms. The number of nitriles is 1. The smallest absolute Gasteiger partial charge is 0.244 e. The van der Waals surface area contributed by atoms with Crippen LogP contribution in [0.3, 0.4) is 0 Å². The van der Waals surface area contributed by atoms with Crippen molar-refractivity contribution < 1.29 is 18.1 Å². The van der Waals surface area contributed by atoms with E-state index < -0.39 is 10.0 Å². The first-order valence-electron chi connectivity index (χ1n) is 8.92. The summed E-state index contributed by atoms with van der Waals surface area (Å²) in [5.41, 5.74) is 2.51. The molecule has 3 rings (SSSR count). The largest absolute Gasteiger partial charge is 0.496 e. The molecule has 1 aliphatic rings. The Hall–Kier alpha value is -2.40. The highest BCUT2D eigenvalue weighted by Gasteiger charge is 2.32. The molecule has 2 aromatic rings. The van der Waals surface area contributed by atoms with Crippen LogP contribution in [0.1, 0.15) is 16.7 Å². The Kier molecular flexibility index (Phi) is 5.80. The zero-order chi connectivity index (χ0) is 19.4. The molecule has 27 heavy (non-hydrogen) atoms. The number of quaternary nitrogens is 1. The van der Waals surface area contributed by atoms with Gasteiger partial charge in [0.25, 0.3) is 0 Å². The van der Waals surface area contributed by atoms with E-state index in [9.17, 15) is 13.7 Å². The molecule has 2 aromatic carbocycles. The van der Waals surface area contributed by atoms with Gasteiger partial charge in [-0.1, -0.05) is 23.8 Å². The zero-order valence-electron chi connectivity index (χ0n) is 15.6. The van der Waals surface area contributed by atoms with Crippen LogP contribution in [-0.4, -0.2) is 46.0 Å². The van der Waals surface area contributed by atoms with Crippen molar-refractivity contribution in [3.05, 3.63) is 59.2 Å². The number of benzene rings is 2. The summed E-state index contributed by atoms with van der Waals surface area (Å²) in [4.78, 5) is 1.41. The van der Waals surface area contributed by atoms with Crippen molar-refractivity contribution >= 4 is 10.0 Å². The first kappa shape index (κ1) is 19.4.